The van der Waals surface area contributed by atoms with Crippen LogP contribution in [-0.2, 0) is 17.3 Å². The predicted molar refractivity (Wildman–Crippen MR) is 258 cm³/mol. The lowest BCUT2D eigenvalue weighted by molar-refractivity contribution is -0.0281. The molecule has 4 saturated carbocycles. The van der Waals surface area contributed by atoms with E-state index in [1.807, 2.05) is 17.4 Å². The molecule has 296 valence electrons. The zero-order valence-electron chi connectivity index (χ0n) is 34.7. The van der Waals surface area contributed by atoms with Gasteiger partial charge in [0.2, 0.25) is 0 Å². The molecule has 8 aromatic rings. The maximum atomic E-state index is 4.01. The van der Waals surface area contributed by atoms with Crippen LogP contribution in [0.3, 0.4) is 0 Å². The Kier molecular flexibility index (Phi) is 9.38. The highest BCUT2D eigenvalue weighted by atomic mass is 32.1. The van der Waals surface area contributed by atoms with Crippen molar-refractivity contribution < 1.29 is 0 Å². The van der Waals surface area contributed by atoms with Gasteiger partial charge < -0.3 is 4.90 Å². The number of fused-ring (bicyclic) bond motifs is 3. The molecule has 2 heteroatoms. The molecule has 0 spiro atoms. The molecule has 2 unspecified atom stereocenters. The Balaban J connectivity index is 0.888. The Morgan fingerprint density at radius 3 is 1.67 bits per heavy atom. The summed E-state index contributed by atoms with van der Waals surface area (Å²) in [5.74, 6) is 1.64. The summed E-state index contributed by atoms with van der Waals surface area (Å²) in [7, 11) is 0. The first kappa shape index (κ1) is 37.3. The number of aryl methyl sites for hydroxylation is 1. The fraction of sp³-hybridized carbons (Fsp3) is 0.241. The second-order valence-electron chi connectivity index (χ2n) is 18.4. The summed E-state index contributed by atoms with van der Waals surface area (Å²) in [5, 5.41) is 2.69. The molecule has 1 heterocycles. The van der Waals surface area contributed by atoms with E-state index in [2.05, 4.69) is 182 Å². The predicted octanol–water partition coefficient (Wildman–Crippen LogP) is 16.6. The Morgan fingerprint density at radius 2 is 1.07 bits per heavy atom. The van der Waals surface area contributed by atoms with E-state index in [9.17, 15) is 0 Å². The summed E-state index contributed by atoms with van der Waals surface area (Å²) in [4.78, 5) is 2.45. The molecule has 2 atom stereocenters. The summed E-state index contributed by atoms with van der Waals surface area (Å²) in [6.45, 7) is 6.28. The van der Waals surface area contributed by atoms with Crippen molar-refractivity contribution in [3.05, 3.63) is 193 Å². The Labute approximate surface area is 360 Å². The van der Waals surface area contributed by atoms with Crippen molar-refractivity contribution in [1.29, 1.82) is 0 Å². The Bertz CT molecular complexity index is 2790. The fourth-order valence-corrected chi connectivity index (χ4v) is 13.2. The third-order valence-electron chi connectivity index (χ3n) is 14.6. The quantitative estimate of drug-likeness (QED) is 0.126. The van der Waals surface area contributed by atoms with Gasteiger partial charge in [-0.3, -0.25) is 0 Å². The fourth-order valence-electron chi connectivity index (χ4n) is 12.1. The second kappa shape index (κ2) is 15.1. The molecule has 1 nitrogen and oxygen atoms in total. The number of hydrogen-bond donors (Lipinski definition) is 0. The number of thiophene rings is 1. The number of rotatable bonds is 11. The van der Waals surface area contributed by atoms with Gasteiger partial charge in [-0.1, -0.05) is 135 Å². The van der Waals surface area contributed by atoms with Crippen LogP contribution >= 0.6 is 11.3 Å². The smallest absolute Gasteiger partial charge is 0.0462 e. The van der Waals surface area contributed by atoms with E-state index in [-0.39, 0.29) is 5.41 Å². The van der Waals surface area contributed by atoms with Gasteiger partial charge in [0, 0.05) is 37.2 Å². The molecule has 1 aromatic heterocycles. The average Bonchev–Trinajstić information content (AvgIpc) is 3.67. The normalized spacial score (nSPS) is 21.8. The zero-order valence-corrected chi connectivity index (χ0v) is 35.6. The molecule has 60 heavy (non-hydrogen) atoms. The highest BCUT2D eigenvalue weighted by molar-refractivity contribution is 7.25. The van der Waals surface area contributed by atoms with Crippen LogP contribution in [0.25, 0.3) is 48.5 Å². The average molecular weight is 796 g/mol. The van der Waals surface area contributed by atoms with E-state index in [1.165, 1.54) is 122 Å². The molecule has 12 rings (SSSR count). The van der Waals surface area contributed by atoms with Crippen molar-refractivity contribution in [2.24, 2.45) is 11.8 Å². The monoisotopic (exact) mass is 795 g/mol. The number of anilines is 3. The molecule has 0 saturated heterocycles. The maximum absolute atomic E-state index is 4.01. The van der Waals surface area contributed by atoms with Crippen molar-refractivity contribution in [1.82, 2.24) is 0 Å². The first-order valence-electron chi connectivity index (χ1n) is 22.3. The van der Waals surface area contributed by atoms with Gasteiger partial charge in [0.15, 0.2) is 0 Å². The van der Waals surface area contributed by atoms with Gasteiger partial charge >= 0.3 is 0 Å². The van der Waals surface area contributed by atoms with E-state index in [0.717, 1.165) is 18.3 Å². The summed E-state index contributed by atoms with van der Waals surface area (Å²) in [6.07, 6.45) is 13.6. The highest BCUT2D eigenvalue weighted by Gasteiger charge is 2.58. The van der Waals surface area contributed by atoms with Crippen LogP contribution in [0.15, 0.2) is 170 Å². The molecular weight excluding hydrogens is 743 g/mol. The molecule has 0 radical (unpaired) electrons. The van der Waals surface area contributed by atoms with Crippen LogP contribution in [-0.4, -0.2) is 0 Å². The summed E-state index contributed by atoms with van der Waals surface area (Å²) in [6, 6.07) is 62.5. The molecule has 4 bridgehead atoms. The first-order valence-corrected chi connectivity index (χ1v) is 23.1. The van der Waals surface area contributed by atoms with E-state index in [4.69, 9.17) is 0 Å². The largest absolute Gasteiger partial charge is 0.311 e. The van der Waals surface area contributed by atoms with E-state index in [0.29, 0.717) is 5.41 Å². The van der Waals surface area contributed by atoms with Gasteiger partial charge in [-0.15, -0.1) is 11.3 Å². The third-order valence-corrected chi connectivity index (χ3v) is 15.8. The summed E-state index contributed by atoms with van der Waals surface area (Å²) >= 11 is 1.87. The molecule has 4 fully saturated rings. The van der Waals surface area contributed by atoms with Crippen molar-refractivity contribution >= 4 is 54.6 Å². The Morgan fingerprint density at radius 1 is 0.567 bits per heavy atom. The lowest BCUT2D eigenvalue weighted by Gasteiger charge is -2.63. The van der Waals surface area contributed by atoms with Gasteiger partial charge in [0.05, 0.1) is 0 Å². The van der Waals surface area contributed by atoms with Crippen LogP contribution in [0.1, 0.15) is 80.5 Å². The maximum Gasteiger partial charge on any atom is 0.0462 e. The van der Waals surface area contributed by atoms with Crippen LogP contribution < -0.4 is 4.90 Å². The molecule has 0 N–H and O–H groups in total. The minimum atomic E-state index is 0.258. The van der Waals surface area contributed by atoms with Gasteiger partial charge in [0.1, 0.15) is 0 Å². The topological polar surface area (TPSA) is 3.24 Å². The lowest BCUT2D eigenvalue weighted by Crippen LogP contribution is -2.55. The lowest BCUT2D eigenvalue weighted by atomic mass is 9.42. The first-order chi connectivity index (χ1) is 29.5. The molecule has 4 aliphatic rings. The van der Waals surface area contributed by atoms with Gasteiger partial charge in [-0.25, -0.2) is 0 Å². The highest BCUT2D eigenvalue weighted by Crippen LogP contribution is 2.66. The third kappa shape index (κ3) is 6.61. The van der Waals surface area contributed by atoms with Crippen LogP contribution in [0.4, 0.5) is 17.1 Å². The van der Waals surface area contributed by atoms with Crippen molar-refractivity contribution in [2.75, 3.05) is 4.90 Å². The van der Waals surface area contributed by atoms with E-state index in [1.54, 1.807) is 11.1 Å². The Hall–Kier alpha value is -5.70. The van der Waals surface area contributed by atoms with Gasteiger partial charge in [-0.2, -0.15) is 0 Å². The van der Waals surface area contributed by atoms with Crippen LogP contribution in [0, 0.1) is 11.8 Å². The standard InChI is InChI=1S/C58H53NS/c1-3-5-8-41-13-26-50(27-14-41)59(52-30-24-49(25-31-52)58-37-42-33-43(38-58)36-57(35-42,39-58)48-22-11-40(4-2)12-23-48)51-28-19-45(20-29-51)44-15-17-46(18-16-44)47-21-32-56-54(34-47)53-9-6-7-10-55(53)60-56/h4,6-7,9-32,34,42-43H,2-3,5,8,33,35-39H2,1H3. The molecule has 0 aliphatic heterocycles. The van der Waals surface area contributed by atoms with Gasteiger partial charge in [-0.05, 0) is 173 Å². The van der Waals surface area contributed by atoms with Crippen molar-refractivity contribution in [3.8, 4) is 22.3 Å². The van der Waals surface area contributed by atoms with E-state index < -0.39 is 0 Å². The SMILES string of the molecule is C=Cc1ccc(C23CC4CC(C2)CC(c2ccc(N(c5ccc(CCCC)cc5)c5ccc(-c6ccc(-c7ccc8sc9ccccc9c8c7)cc6)cc5)cc2)(C4)C3)cc1. The molecule has 7 aromatic carbocycles. The number of unbranched alkanes of at least 4 members (excludes halogenated alkanes) is 1. The summed E-state index contributed by atoms with van der Waals surface area (Å²) < 4.78 is 2.69. The van der Waals surface area contributed by atoms with Crippen molar-refractivity contribution in [2.45, 2.75) is 75.5 Å². The number of hydrogen-bond acceptors (Lipinski definition) is 2. The minimum absolute atomic E-state index is 0.258. The van der Waals surface area contributed by atoms with E-state index >= 15 is 0 Å². The van der Waals surface area contributed by atoms with Crippen LogP contribution in [0.5, 0.6) is 0 Å². The molecule has 4 aliphatic carbocycles. The number of nitrogens with zero attached hydrogens (tertiary/aromatic N) is 1. The summed E-state index contributed by atoms with van der Waals surface area (Å²) in [5.41, 5.74) is 14.8. The second-order valence-corrected chi connectivity index (χ2v) is 19.5. The zero-order chi connectivity index (χ0) is 40.3. The van der Waals surface area contributed by atoms with Crippen LogP contribution in [0.2, 0.25) is 0 Å². The molecule has 0 amide bonds. The van der Waals surface area contributed by atoms with Gasteiger partial charge in [0.25, 0.3) is 0 Å². The minimum Gasteiger partial charge on any atom is -0.311 e. The number of benzene rings is 7. The van der Waals surface area contributed by atoms with Crippen molar-refractivity contribution in [3.63, 3.8) is 0 Å². The molecular formula is C58H53NS.